The molecule has 0 fully saturated rings. The number of thioether (sulfide) groups is 1. The van der Waals surface area contributed by atoms with Crippen LogP contribution >= 0.6 is 11.8 Å². The van der Waals surface area contributed by atoms with Crippen LogP contribution in [0.4, 0.5) is 0 Å². The summed E-state index contributed by atoms with van der Waals surface area (Å²) in [7, 11) is 0. The maximum absolute atomic E-state index is 5.26. The monoisotopic (exact) mass is 328 g/mol. The average molecular weight is 328 g/mol. The van der Waals surface area contributed by atoms with Crippen LogP contribution in [0, 0.1) is 6.92 Å². The first-order valence-electron chi connectivity index (χ1n) is 7.66. The fourth-order valence-electron chi connectivity index (χ4n) is 2.19. The van der Waals surface area contributed by atoms with Crippen molar-refractivity contribution in [2.75, 3.05) is 0 Å². The Labute approximate surface area is 139 Å². The third-order valence-electron chi connectivity index (χ3n) is 3.51. The van der Waals surface area contributed by atoms with Crippen LogP contribution in [0.2, 0.25) is 0 Å². The van der Waals surface area contributed by atoms with Gasteiger partial charge in [0.15, 0.2) is 11.0 Å². The Morgan fingerprint density at radius 1 is 1.17 bits per heavy atom. The highest BCUT2D eigenvalue weighted by Crippen LogP contribution is 2.22. The Kier molecular flexibility index (Phi) is 4.81. The summed E-state index contributed by atoms with van der Waals surface area (Å²) in [5.41, 5.74) is 3.44. The van der Waals surface area contributed by atoms with Gasteiger partial charge in [-0.05, 0) is 12.5 Å². The lowest BCUT2D eigenvalue weighted by atomic mass is 10.1. The summed E-state index contributed by atoms with van der Waals surface area (Å²) in [6.45, 7) is 6.15. The van der Waals surface area contributed by atoms with Gasteiger partial charge in [0.05, 0.1) is 11.4 Å². The summed E-state index contributed by atoms with van der Waals surface area (Å²) < 4.78 is 5.26. The van der Waals surface area contributed by atoms with Gasteiger partial charge in [-0.2, -0.15) is 4.98 Å². The van der Waals surface area contributed by atoms with Gasteiger partial charge < -0.3 is 9.51 Å². The van der Waals surface area contributed by atoms with Gasteiger partial charge in [-0.3, -0.25) is 0 Å². The molecule has 5 nitrogen and oxygen atoms in total. The molecule has 3 rings (SSSR count). The zero-order valence-electron chi connectivity index (χ0n) is 13.5. The fourth-order valence-corrected chi connectivity index (χ4v) is 2.97. The maximum atomic E-state index is 5.26. The molecule has 0 spiro atoms. The SMILES string of the molecule is Cc1[nH]c(SCc2nc(C(C)C)no2)nc1Cc1ccccc1. The zero-order chi connectivity index (χ0) is 16.2. The molecular weight excluding hydrogens is 308 g/mol. The standard InChI is InChI=1S/C17H20N4OS/c1-11(2)16-20-15(22-21-16)10-23-17-18-12(3)14(19-17)9-13-7-5-4-6-8-13/h4-8,11H,9-10H2,1-3H3,(H,18,19). The zero-order valence-corrected chi connectivity index (χ0v) is 14.4. The second-order valence-electron chi connectivity index (χ2n) is 5.77. The molecule has 0 saturated carbocycles. The third-order valence-corrected chi connectivity index (χ3v) is 4.37. The highest BCUT2D eigenvalue weighted by atomic mass is 32.2. The number of hydrogen-bond donors (Lipinski definition) is 1. The van der Waals surface area contributed by atoms with Crippen LogP contribution in [0.15, 0.2) is 40.0 Å². The van der Waals surface area contributed by atoms with Crippen molar-refractivity contribution in [3.05, 3.63) is 59.0 Å². The van der Waals surface area contributed by atoms with Crippen molar-refractivity contribution in [1.29, 1.82) is 0 Å². The lowest BCUT2D eigenvalue weighted by Crippen LogP contribution is -1.91. The van der Waals surface area contributed by atoms with Gasteiger partial charge in [-0.25, -0.2) is 4.98 Å². The summed E-state index contributed by atoms with van der Waals surface area (Å²) in [5, 5.41) is 4.86. The Hall–Kier alpha value is -2.08. The van der Waals surface area contributed by atoms with Crippen LogP contribution in [0.25, 0.3) is 0 Å². The molecule has 0 unspecified atom stereocenters. The lowest BCUT2D eigenvalue weighted by molar-refractivity contribution is 0.383. The number of rotatable bonds is 6. The van der Waals surface area contributed by atoms with E-state index >= 15 is 0 Å². The Morgan fingerprint density at radius 2 is 1.96 bits per heavy atom. The minimum atomic E-state index is 0.279. The van der Waals surface area contributed by atoms with Gasteiger partial charge in [0.2, 0.25) is 5.89 Å². The molecule has 2 aromatic heterocycles. The van der Waals surface area contributed by atoms with E-state index in [1.54, 1.807) is 11.8 Å². The normalized spacial score (nSPS) is 11.3. The second-order valence-corrected chi connectivity index (χ2v) is 6.73. The predicted octanol–water partition coefficient (Wildman–Crippen LogP) is 4.11. The van der Waals surface area contributed by atoms with E-state index in [2.05, 4.69) is 51.3 Å². The van der Waals surface area contributed by atoms with Gasteiger partial charge in [-0.1, -0.05) is 61.1 Å². The van der Waals surface area contributed by atoms with Crippen molar-refractivity contribution in [3.63, 3.8) is 0 Å². The molecule has 0 aliphatic rings. The van der Waals surface area contributed by atoms with E-state index in [0.717, 1.165) is 28.8 Å². The number of nitrogens with one attached hydrogen (secondary N) is 1. The topological polar surface area (TPSA) is 67.6 Å². The van der Waals surface area contributed by atoms with E-state index in [1.807, 2.05) is 19.9 Å². The van der Waals surface area contributed by atoms with E-state index in [9.17, 15) is 0 Å². The van der Waals surface area contributed by atoms with E-state index in [-0.39, 0.29) is 5.92 Å². The number of benzene rings is 1. The quantitative estimate of drug-likeness (QED) is 0.690. The number of imidazole rings is 1. The van der Waals surface area contributed by atoms with Gasteiger partial charge in [0.25, 0.3) is 0 Å². The molecular formula is C17H20N4OS. The molecule has 0 aliphatic heterocycles. The van der Waals surface area contributed by atoms with Crippen molar-refractivity contribution in [1.82, 2.24) is 20.1 Å². The smallest absolute Gasteiger partial charge is 0.237 e. The van der Waals surface area contributed by atoms with E-state index in [0.29, 0.717) is 11.6 Å². The minimum Gasteiger partial charge on any atom is -0.338 e. The van der Waals surface area contributed by atoms with E-state index in [1.165, 1.54) is 5.56 Å². The summed E-state index contributed by atoms with van der Waals surface area (Å²) in [6, 6.07) is 10.4. The third kappa shape index (κ3) is 4.01. The van der Waals surface area contributed by atoms with Crippen molar-refractivity contribution in [3.8, 4) is 0 Å². The van der Waals surface area contributed by atoms with Crippen LogP contribution in [0.5, 0.6) is 0 Å². The number of aromatic nitrogens is 4. The van der Waals surface area contributed by atoms with Crippen LogP contribution in [-0.4, -0.2) is 20.1 Å². The van der Waals surface area contributed by atoms with Gasteiger partial charge in [-0.15, -0.1) is 0 Å². The molecule has 0 radical (unpaired) electrons. The van der Waals surface area contributed by atoms with Crippen LogP contribution in [0.1, 0.15) is 48.4 Å². The summed E-state index contributed by atoms with van der Waals surface area (Å²) >= 11 is 1.58. The molecule has 1 N–H and O–H groups in total. The highest BCUT2D eigenvalue weighted by molar-refractivity contribution is 7.98. The number of aromatic amines is 1. The number of hydrogen-bond acceptors (Lipinski definition) is 5. The van der Waals surface area contributed by atoms with Crippen LogP contribution in [0.3, 0.4) is 0 Å². The van der Waals surface area contributed by atoms with Crippen molar-refractivity contribution in [2.45, 2.75) is 44.0 Å². The van der Waals surface area contributed by atoms with E-state index < -0.39 is 0 Å². The molecule has 3 aromatic rings. The summed E-state index contributed by atoms with van der Waals surface area (Å²) in [5.74, 6) is 2.29. The van der Waals surface area contributed by atoms with Gasteiger partial charge >= 0.3 is 0 Å². The van der Waals surface area contributed by atoms with Crippen molar-refractivity contribution >= 4 is 11.8 Å². The Balaban J connectivity index is 1.63. The lowest BCUT2D eigenvalue weighted by Gasteiger charge is -1.98. The first-order chi connectivity index (χ1) is 11.1. The maximum Gasteiger partial charge on any atom is 0.237 e. The molecule has 23 heavy (non-hydrogen) atoms. The molecule has 0 bridgehead atoms. The minimum absolute atomic E-state index is 0.279. The molecule has 2 heterocycles. The Bertz CT molecular complexity index is 764. The summed E-state index contributed by atoms with van der Waals surface area (Å²) in [4.78, 5) is 12.4. The highest BCUT2D eigenvalue weighted by Gasteiger charge is 2.12. The molecule has 120 valence electrons. The molecule has 0 atom stereocenters. The van der Waals surface area contributed by atoms with Gasteiger partial charge in [0, 0.05) is 18.0 Å². The number of nitrogens with zero attached hydrogens (tertiary/aromatic N) is 3. The van der Waals surface area contributed by atoms with Crippen LogP contribution < -0.4 is 0 Å². The summed E-state index contributed by atoms with van der Waals surface area (Å²) in [6.07, 6.45) is 0.835. The number of H-pyrrole nitrogens is 1. The first kappa shape index (κ1) is 15.8. The molecule has 6 heteroatoms. The van der Waals surface area contributed by atoms with Gasteiger partial charge in [0.1, 0.15) is 0 Å². The van der Waals surface area contributed by atoms with Crippen molar-refractivity contribution < 1.29 is 4.52 Å². The Morgan fingerprint density at radius 3 is 2.65 bits per heavy atom. The second kappa shape index (κ2) is 7.00. The molecule has 0 aliphatic carbocycles. The van der Waals surface area contributed by atoms with Crippen LogP contribution in [-0.2, 0) is 12.2 Å². The molecule has 0 amide bonds. The average Bonchev–Trinajstić information content (AvgIpc) is 3.14. The first-order valence-corrected chi connectivity index (χ1v) is 8.65. The molecule has 1 aromatic carbocycles. The van der Waals surface area contributed by atoms with E-state index in [4.69, 9.17) is 4.52 Å². The predicted molar refractivity (Wildman–Crippen MR) is 90.5 cm³/mol. The fraction of sp³-hybridized carbons (Fsp3) is 0.353. The number of aryl methyl sites for hydroxylation is 1. The largest absolute Gasteiger partial charge is 0.338 e. The molecule has 0 saturated heterocycles. The van der Waals surface area contributed by atoms with Crippen molar-refractivity contribution in [2.24, 2.45) is 0 Å².